The summed E-state index contributed by atoms with van der Waals surface area (Å²) in [6.45, 7) is 5.28. The van der Waals surface area contributed by atoms with Crippen molar-refractivity contribution in [1.82, 2.24) is 9.55 Å². The molecule has 1 aliphatic rings. The molecule has 1 amide bonds. The SMILES string of the molecule is CCOCCn1cnc2sc(C(=O)Nc3ccc4c(c3)OCO4)c(C)c2c1=O. The van der Waals surface area contributed by atoms with Crippen LogP contribution in [0.3, 0.4) is 0 Å². The Labute approximate surface area is 164 Å². The number of nitrogens with zero attached hydrogens (tertiary/aromatic N) is 2. The third-order valence-electron chi connectivity index (χ3n) is 4.43. The number of amides is 1. The summed E-state index contributed by atoms with van der Waals surface area (Å²) in [5.41, 5.74) is 1.05. The number of benzene rings is 1. The largest absolute Gasteiger partial charge is 0.454 e. The number of thiophene rings is 1. The first-order valence-electron chi connectivity index (χ1n) is 8.85. The van der Waals surface area contributed by atoms with E-state index < -0.39 is 0 Å². The molecule has 0 bridgehead atoms. The smallest absolute Gasteiger partial charge is 0.266 e. The van der Waals surface area contributed by atoms with Crippen molar-refractivity contribution in [3.05, 3.63) is 45.3 Å². The molecule has 3 aromatic rings. The van der Waals surface area contributed by atoms with Gasteiger partial charge in [0.15, 0.2) is 11.5 Å². The Hall–Kier alpha value is -2.91. The Morgan fingerprint density at radius 1 is 1.36 bits per heavy atom. The van der Waals surface area contributed by atoms with Crippen molar-refractivity contribution in [2.24, 2.45) is 0 Å². The van der Waals surface area contributed by atoms with E-state index in [1.165, 1.54) is 22.2 Å². The molecule has 1 aliphatic heterocycles. The Bertz CT molecular complexity index is 1100. The van der Waals surface area contributed by atoms with Crippen LogP contribution >= 0.6 is 11.3 Å². The van der Waals surface area contributed by atoms with Gasteiger partial charge in [-0.15, -0.1) is 11.3 Å². The fourth-order valence-electron chi connectivity index (χ4n) is 3.00. The monoisotopic (exact) mass is 401 g/mol. The normalized spacial score (nSPS) is 12.5. The quantitative estimate of drug-likeness (QED) is 0.639. The number of ether oxygens (including phenoxy) is 3. The fraction of sp³-hybridized carbons (Fsp3) is 0.316. The summed E-state index contributed by atoms with van der Waals surface area (Å²) in [7, 11) is 0. The van der Waals surface area contributed by atoms with E-state index in [0.717, 1.165) is 0 Å². The highest BCUT2D eigenvalue weighted by molar-refractivity contribution is 7.20. The van der Waals surface area contributed by atoms with Crippen molar-refractivity contribution in [3.8, 4) is 11.5 Å². The number of fused-ring (bicyclic) bond motifs is 2. The summed E-state index contributed by atoms with van der Waals surface area (Å²) in [4.78, 5) is 30.9. The van der Waals surface area contributed by atoms with Gasteiger partial charge in [-0.05, 0) is 31.5 Å². The van der Waals surface area contributed by atoms with Gasteiger partial charge in [0.2, 0.25) is 6.79 Å². The Morgan fingerprint density at radius 2 is 2.18 bits per heavy atom. The molecule has 1 aromatic carbocycles. The zero-order valence-electron chi connectivity index (χ0n) is 15.5. The minimum Gasteiger partial charge on any atom is -0.454 e. The molecule has 8 nitrogen and oxygen atoms in total. The maximum atomic E-state index is 12.8. The lowest BCUT2D eigenvalue weighted by atomic mass is 10.2. The number of hydrogen-bond acceptors (Lipinski definition) is 7. The maximum Gasteiger partial charge on any atom is 0.266 e. The minimum atomic E-state index is -0.292. The Kier molecular flexibility index (Phi) is 5.01. The molecule has 9 heteroatoms. The number of anilines is 1. The van der Waals surface area contributed by atoms with E-state index in [1.54, 1.807) is 25.1 Å². The third-order valence-corrected chi connectivity index (χ3v) is 5.63. The molecular weight excluding hydrogens is 382 g/mol. The van der Waals surface area contributed by atoms with E-state index in [0.29, 0.717) is 57.6 Å². The van der Waals surface area contributed by atoms with Crippen molar-refractivity contribution < 1.29 is 19.0 Å². The summed E-state index contributed by atoms with van der Waals surface area (Å²) in [5, 5.41) is 3.32. The van der Waals surface area contributed by atoms with E-state index in [2.05, 4.69) is 10.3 Å². The molecule has 0 saturated heterocycles. The minimum absolute atomic E-state index is 0.166. The summed E-state index contributed by atoms with van der Waals surface area (Å²) < 4.78 is 17.4. The Morgan fingerprint density at radius 3 is 3.00 bits per heavy atom. The lowest BCUT2D eigenvalue weighted by molar-refractivity contribution is 0.103. The van der Waals surface area contributed by atoms with Crippen molar-refractivity contribution in [2.75, 3.05) is 25.3 Å². The number of hydrogen-bond donors (Lipinski definition) is 1. The van der Waals surface area contributed by atoms with Crippen LogP contribution in [0.4, 0.5) is 5.69 Å². The average molecular weight is 401 g/mol. The highest BCUT2D eigenvalue weighted by atomic mass is 32.1. The molecule has 0 unspecified atom stereocenters. The summed E-state index contributed by atoms with van der Waals surface area (Å²) in [6, 6.07) is 5.20. The zero-order valence-corrected chi connectivity index (χ0v) is 16.3. The van der Waals surface area contributed by atoms with Gasteiger partial charge in [-0.1, -0.05) is 0 Å². The zero-order chi connectivity index (χ0) is 19.7. The van der Waals surface area contributed by atoms with Crippen molar-refractivity contribution in [3.63, 3.8) is 0 Å². The van der Waals surface area contributed by atoms with Crippen LogP contribution in [0.25, 0.3) is 10.2 Å². The second-order valence-corrected chi connectivity index (χ2v) is 7.20. The molecule has 3 heterocycles. The number of carbonyl (C=O) groups excluding carboxylic acids is 1. The Balaban J connectivity index is 1.61. The molecule has 0 aliphatic carbocycles. The summed E-state index contributed by atoms with van der Waals surface area (Å²) in [6.07, 6.45) is 1.50. The molecule has 4 rings (SSSR count). The maximum absolute atomic E-state index is 12.8. The van der Waals surface area contributed by atoms with E-state index in [-0.39, 0.29) is 18.3 Å². The van der Waals surface area contributed by atoms with E-state index in [4.69, 9.17) is 14.2 Å². The van der Waals surface area contributed by atoms with Crippen molar-refractivity contribution >= 4 is 33.1 Å². The van der Waals surface area contributed by atoms with Gasteiger partial charge < -0.3 is 19.5 Å². The van der Waals surface area contributed by atoms with Gasteiger partial charge in [-0.3, -0.25) is 14.2 Å². The van der Waals surface area contributed by atoms with E-state index in [9.17, 15) is 9.59 Å². The van der Waals surface area contributed by atoms with Crippen LogP contribution in [-0.4, -0.2) is 35.5 Å². The summed E-state index contributed by atoms with van der Waals surface area (Å²) >= 11 is 1.20. The average Bonchev–Trinajstić information content (AvgIpc) is 3.28. The number of carbonyl (C=O) groups is 1. The van der Waals surface area contributed by atoms with Crippen LogP contribution in [0.2, 0.25) is 0 Å². The van der Waals surface area contributed by atoms with Gasteiger partial charge in [0.25, 0.3) is 11.5 Å². The first-order chi connectivity index (χ1) is 13.6. The predicted octanol–water partition coefficient (Wildman–Crippen LogP) is 2.78. The molecule has 28 heavy (non-hydrogen) atoms. The van der Waals surface area contributed by atoms with Crippen LogP contribution in [0.5, 0.6) is 11.5 Å². The van der Waals surface area contributed by atoms with Crippen LogP contribution < -0.4 is 20.3 Å². The van der Waals surface area contributed by atoms with Gasteiger partial charge in [-0.2, -0.15) is 0 Å². The first kappa shape index (κ1) is 18.5. The van der Waals surface area contributed by atoms with Gasteiger partial charge in [-0.25, -0.2) is 4.98 Å². The van der Waals surface area contributed by atoms with Crippen LogP contribution in [-0.2, 0) is 11.3 Å². The number of rotatable bonds is 6. The molecule has 0 fully saturated rings. The summed E-state index contributed by atoms with van der Waals surface area (Å²) in [5.74, 6) is 0.942. The molecule has 146 valence electrons. The van der Waals surface area contributed by atoms with Crippen LogP contribution in [0, 0.1) is 6.92 Å². The van der Waals surface area contributed by atoms with Crippen molar-refractivity contribution in [1.29, 1.82) is 0 Å². The highest BCUT2D eigenvalue weighted by Gasteiger charge is 2.20. The molecular formula is C19H19N3O5S. The van der Waals surface area contributed by atoms with Crippen molar-refractivity contribution in [2.45, 2.75) is 20.4 Å². The number of aromatic nitrogens is 2. The predicted molar refractivity (Wildman–Crippen MR) is 106 cm³/mol. The molecule has 0 spiro atoms. The van der Waals surface area contributed by atoms with Gasteiger partial charge in [0.1, 0.15) is 4.83 Å². The van der Waals surface area contributed by atoms with E-state index in [1.807, 2.05) is 6.92 Å². The van der Waals surface area contributed by atoms with Gasteiger partial charge >= 0.3 is 0 Å². The standard InChI is InChI=1S/C19H19N3O5S/c1-3-25-7-6-22-9-20-18-15(19(22)24)11(2)16(28-18)17(23)21-12-4-5-13-14(8-12)27-10-26-13/h4-5,8-9H,3,6-7,10H2,1-2H3,(H,21,23). The third kappa shape index (κ3) is 3.34. The second-order valence-electron chi connectivity index (χ2n) is 6.20. The van der Waals surface area contributed by atoms with Gasteiger partial charge in [0, 0.05) is 18.4 Å². The number of nitrogens with one attached hydrogen (secondary N) is 1. The number of aryl methyl sites for hydroxylation is 1. The first-order valence-corrected chi connectivity index (χ1v) is 9.67. The molecule has 0 atom stereocenters. The molecule has 1 N–H and O–H groups in total. The fourth-order valence-corrected chi connectivity index (χ4v) is 4.04. The van der Waals surface area contributed by atoms with E-state index >= 15 is 0 Å². The van der Waals surface area contributed by atoms with Crippen LogP contribution in [0.15, 0.2) is 29.3 Å². The molecule has 0 saturated carbocycles. The second kappa shape index (κ2) is 7.61. The van der Waals surface area contributed by atoms with Crippen LogP contribution in [0.1, 0.15) is 22.2 Å². The lowest BCUT2D eigenvalue weighted by Gasteiger charge is -2.06. The topological polar surface area (TPSA) is 91.7 Å². The highest BCUT2D eigenvalue weighted by Crippen LogP contribution is 2.35. The molecule has 0 radical (unpaired) electrons. The molecule has 2 aromatic heterocycles. The van der Waals surface area contributed by atoms with Gasteiger partial charge in [0.05, 0.1) is 29.7 Å². The lowest BCUT2D eigenvalue weighted by Crippen LogP contribution is -2.23.